The highest BCUT2D eigenvalue weighted by atomic mass is 19.4. The Balaban J connectivity index is 1.63. The molecule has 0 saturated carbocycles. The number of anilines is 3. The number of hydrazine groups is 2. The molecule has 7 nitrogen and oxygen atoms in total. The van der Waals surface area contributed by atoms with Gasteiger partial charge in [0.2, 0.25) is 0 Å². The number of nitrogens with two attached hydrogens (primary N) is 1. The Labute approximate surface area is 146 Å². The number of ether oxygens (including phenoxy) is 1. The molecule has 2 aromatic rings. The molecule has 3 rings (SSSR count). The number of carbonyl (C=O) groups excluding carboxylic acids is 1. The van der Waals surface area contributed by atoms with Crippen LogP contribution in [-0.4, -0.2) is 12.4 Å². The van der Waals surface area contributed by atoms with E-state index in [1.165, 1.54) is 24.3 Å². The third-order valence-electron chi connectivity index (χ3n) is 3.34. The van der Waals surface area contributed by atoms with E-state index in [2.05, 4.69) is 15.6 Å². The van der Waals surface area contributed by atoms with Gasteiger partial charge in [0.05, 0.1) is 11.4 Å². The number of benzene rings is 2. The largest absolute Gasteiger partial charge is 0.573 e. The van der Waals surface area contributed by atoms with Crippen LogP contribution < -0.4 is 31.3 Å². The summed E-state index contributed by atoms with van der Waals surface area (Å²) >= 11 is 0. The number of nitrogens with zero attached hydrogens (tertiary/aromatic N) is 2. The van der Waals surface area contributed by atoms with Crippen molar-refractivity contribution in [1.82, 2.24) is 5.53 Å². The number of alkyl halides is 3. The van der Waals surface area contributed by atoms with Gasteiger partial charge >= 0.3 is 12.4 Å². The number of hydrogen-bond acceptors (Lipinski definition) is 5. The van der Waals surface area contributed by atoms with Crippen molar-refractivity contribution in [1.29, 1.82) is 0 Å². The van der Waals surface area contributed by atoms with Gasteiger partial charge in [-0.15, -0.1) is 18.7 Å². The summed E-state index contributed by atoms with van der Waals surface area (Å²) in [5, 5.41) is 5.76. The Kier molecular flexibility index (Phi) is 4.59. The molecule has 0 radical (unpaired) electrons. The molecule has 2 aromatic carbocycles. The molecule has 0 aromatic heterocycles. The molecule has 0 atom stereocenters. The van der Waals surface area contributed by atoms with Crippen molar-refractivity contribution >= 4 is 23.1 Å². The smallest absolute Gasteiger partial charge is 0.406 e. The monoisotopic (exact) mass is 365 g/mol. The fourth-order valence-electron chi connectivity index (χ4n) is 2.26. The van der Waals surface area contributed by atoms with Gasteiger partial charge in [-0.3, -0.25) is 10.0 Å². The van der Waals surface area contributed by atoms with Crippen molar-refractivity contribution in [2.75, 3.05) is 15.3 Å². The molecule has 10 heteroatoms. The molecule has 2 amide bonds. The van der Waals surface area contributed by atoms with E-state index in [0.717, 1.165) is 5.69 Å². The number of amides is 2. The van der Waals surface area contributed by atoms with E-state index < -0.39 is 12.4 Å². The summed E-state index contributed by atoms with van der Waals surface area (Å²) in [6.45, 7) is 0. The molecule has 1 heterocycles. The Morgan fingerprint density at radius 3 is 1.92 bits per heavy atom. The molecular weight excluding hydrogens is 351 g/mol. The van der Waals surface area contributed by atoms with Crippen LogP contribution in [0.25, 0.3) is 0 Å². The summed E-state index contributed by atoms with van der Waals surface area (Å²) < 4.78 is 40.4. The van der Waals surface area contributed by atoms with Gasteiger partial charge in [-0.2, -0.15) is 0 Å². The third kappa shape index (κ3) is 4.36. The molecule has 0 unspecified atom stereocenters. The lowest BCUT2D eigenvalue weighted by atomic mass is 10.3. The molecule has 1 aliphatic heterocycles. The van der Waals surface area contributed by atoms with Crippen LogP contribution in [0.1, 0.15) is 0 Å². The standard InChI is InChI=1S/C16H14F3N5O2/c17-16(18,19)26-14-7-5-13(6-8-14)24-10-9-23(22-24)12-3-1-11(2-4-12)21-15(20)25/h1-10,22H,(H3,20,21,25). The fraction of sp³-hybridized carbons (Fsp3) is 0.0625. The molecule has 26 heavy (non-hydrogen) atoms. The summed E-state index contributed by atoms with van der Waals surface area (Å²) in [4.78, 5) is 10.8. The van der Waals surface area contributed by atoms with Crippen molar-refractivity contribution in [2.24, 2.45) is 5.73 Å². The van der Waals surface area contributed by atoms with E-state index in [4.69, 9.17) is 5.73 Å². The SMILES string of the molecule is NC(=O)Nc1ccc(N2C=CN(c3ccc(OC(F)(F)F)cc3)N2)cc1. The number of urea groups is 1. The molecular formula is C16H14F3N5O2. The second kappa shape index (κ2) is 6.84. The minimum Gasteiger partial charge on any atom is -0.406 e. The van der Waals surface area contributed by atoms with Crippen molar-refractivity contribution in [3.05, 3.63) is 60.9 Å². The highest BCUT2D eigenvalue weighted by Gasteiger charge is 2.31. The van der Waals surface area contributed by atoms with Gasteiger partial charge < -0.3 is 15.8 Å². The number of primary amides is 1. The molecule has 0 fully saturated rings. The lowest BCUT2D eigenvalue weighted by Gasteiger charge is -2.23. The van der Waals surface area contributed by atoms with Crippen molar-refractivity contribution in [2.45, 2.75) is 6.36 Å². The second-order valence-electron chi connectivity index (χ2n) is 5.22. The topological polar surface area (TPSA) is 82.9 Å². The molecule has 136 valence electrons. The average Bonchev–Trinajstić information content (AvgIpc) is 3.04. The molecule has 0 saturated heterocycles. The van der Waals surface area contributed by atoms with Gasteiger partial charge in [-0.05, 0) is 48.5 Å². The first-order valence-corrected chi connectivity index (χ1v) is 7.35. The van der Waals surface area contributed by atoms with E-state index in [1.54, 1.807) is 46.7 Å². The molecule has 0 aliphatic carbocycles. The summed E-state index contributed by atoms with van der Waals surface area (Å²) in [7, 11) is 0. The van der Waals surface area contributed by atoms with E-state index in [-0.39, 0.29) is 5.75 Å². The Hall–Kier alpha value is -3.40. The molecule has 0 spiro atoms. The van der Waals surface area contributed by atoms with Crippen LogP contribution in [0.5, 0.6) is 5.75 Å². The Morgan fingerprint density at radius 1 is 0.962 bits per heavy atom. The fourth-order valence-corrected chi connectivity index (χ4v) is 2.26. The number of rotatable bonds is 4. The van der Waals surface area contributed by atoms with Crippen LogP contribution in [0, 0.1) is 0 Å². The maximum Gasteiger partial charge on any atom is 0.573 e. The minimum absolute atomic E-state index is 0.293. The summed E-state index contributed by atoms with van der Waals surface area (Å²) in [5.74, 6) is -0.293. The maximum absolute atomic E-state index is 12.2. The van der Waals surface area contributed by atoms with Crippen LogP contribution in [0.4, 0.5) is 35.0 Å². The number of halogens is 3. The van der Waals surface area contributed by atoms with E-state index >= 15 is 0 Å². The van der Waals surface area contributed by atoms with Gasteiger partial charge in [-0.25, -0.2) is 4.79 Å². The van der Waals surface area contributed by atoms with E-state index in [0.29, 0.717) is 11.4 Å². The quantitative estimate of drug-likeness (QED) is 0.775. The van der Waals surface area contributed by atoms with E-state index in [9.17, 15) is 18.0 Å². The van der Waals surface area contributed by atoms with Gasteiger partial charge in [0.15, 0.2) is 0 Å². The first kappa shape index (κ1) is 17.4. The highest BCUT2D eigenvalue weighted by Crippen LogP contribution is 2.27. The Bertz CT molecular complexity index is 806. The maximum atomic E-state index is 12.2. The molecule has 0 bridgehead atoms. The second-order valence-corrected chi connectivity index (χ2v) is 5.22. The van der Waals surface area contributed by atoms with Crippen LogP contribution >= 0.6 is 0 Å². The summed E-state index contributed by atoms with van der Waals surface area (Å²) in [6, 6.07) is 11.7. The zero-order valence-corrected chi connectivity index (χ0v) is 13.2. The summed E-state index contributed by atoms with van der Waals surface area (Å²) in [5.41, 5.74) is 10.0. The van der Waals surface area contributed by atoms with Crippen LogP contribution in [0.2, 0.25) is 0 Å². The number of nitrogens with one attached hydrogen (secondary N) is 2. The first-order chi connectivity index (χ1) is 12.3. The Morgan fingerprint density at radius 2 is 1.46 bits per heavy atom. The van der Waals surface area contributed by atoms with Gasteiger partial charge in [-0.1, -0.05) is 0 Å². The minimum atomic E-state index is -4.72. The normalized spacial score (nSPS) is 13.8. The summed E-state index contributed by atoms with van der Waals surface area (Å²) in [6.07, 6.45) is -1.29. The van der Waals surface area contributed by atoms with Crippen LogP contribution in [-0.2, 0) is 0 Å². The van der Waals surface area contributed by atoms with Gasteiger partial charge in [0.1, 0.15) is 5.75 Å². The predicted molar refractivity (Wildman–Crippen MR) is 90.0 cm³/mol. The number of carbonyl (C=O) groups is 1. The lowest BCUT2D eigenvalue weighted by molar-refractivity contribution is -0.274. The zero-order chi connectivity index (χ0) is 18.7. The van der Waals surface area contributed by atoms with Crippen molar-refractivity contribution in [3.63, 3.8) is 0 Å². The molecule has 4 N–H and O–H groups in total. The van der Waals surface area contributed by atoms with E-state index in [1.807, 2.05) is 0 Å². The highest BCUT2D eigenvalue weighted by molar-refractivity contribution is 5.88. The van der Waals surface area contributed by atoms with Crippen LogP contribution in [0.15, 0.2) is 60.9 Å². The van der Waals surface area contributed by atoms with Gasteiger partial charge in [0, 0.05) is 18.1 Å². The first-order valence-electron chi connectivity index (χ1n) is 7.35. The lowest BCUT2D eigenvalue weighted by Crippen LogP contribution is -2.39. The van der Waals surface area contributed by atoms with Crippen LogP contribution in [0.3, 0.4) is 0 Å². The van der Waals surface area contributed by atoms with Crippen molar-refractivity contribution in [3.8, 4) is 5.75 Å². The predicted octanol–water partition coefficient (Wildman–Crippen LogP) is 3.29. The average molecular weight is 365 g/mol. The third-order valence-corrected chi connectivity index (χ3v) is 3.34. The number of hydrogen-bond donors (Lipinski definition) is 3. The van der Waals surface area contributed by atoms with Crippen molar-refractivity contribution < 1.29 is 22.7 Å². The molecule has 1 aliphatic rings. The zero-order valence-electron chi connectivity index (χ0n) is 13.2. The van der Waals surface area contributed by atoms with Gasteiger partial charge in [0.25, 0.3) is 0 Å².